The van der Waals surface area contributed by atoms with Gasteiger partial charge in [-0.1, -0.05) is 6.92 Å². The van der Waals surface area contributed by atoms with E-state index in [2.05, 4.69) is 15.6 Å². The van der Waals surface area contributed by atoms with Crippen molar-refractivity contribution >= 4 is 21.6 Å². The van der Waals surface area contributed by atoms with Gasteiger partial charge in [-0.2, -0.15) is 0 Å². The number of pyridine rings is 1. The Hall–Kier alpha value is -1.67. The van der Waals surface area contributed by atoms with E-state index in [9.17, 15) is 13.2 Å². The Kier molecular flexibility index (Phi) is 5.71. The molecule has 1 heterocycles. The maximum Gasteiger partial charge on any atom is 0.269 e. The number of primary sulfonamides is 1. The summed E-state index contributed by atoms with van der Waals surface area (Å²) in [7, 11) is -3.56. The van der Waals surface area contributed by atoms with Crippen molar-refractivity contribution < 1.29 is 13.2 Å². The Morgan fingerprint density at radius 1 is 1.37 bits per heavy atom. The first-order chi connectivity index (χ1) is 8.92. The number of nitrogens with one attached hydrogen (secondary N) is 2. The summed E-state index contributed by atoms with van der Waals surface area (Å²) in [5.41, 5.74) is 1.07. The van der Waals surface area contributed by atoms with Gasteiger partial charge in [-0.15, -0.1) is 0 Å². The monoisotopic (exact) mass is 286 g/mol. The second kappa shape index (κ2) is 7.05. The Bertz CT molecular complexity index is 513. The maximum absolute atomic E-state index is 11.6. The average molecular weight is 286 g/mol. The highest BCUT2D eigenvalue weighted by molar-refractivity contribution is 7.89. The third kappa shape index (κ3) is 6.16. The first-order valence-electron chi connectivity index (χ1n) is 5.91. The van der Waals surface area contributed by atoms with Crippen LogP contribution in [-0.4, -0.2) is 38.2 Å². The molecular weight excluding hydrogens is 268 g/mol. The Morgan fingerprint density at radius 3 is 2.63 bits per heavy atom. The third-order valence-corrected chi connectivity index (χ3v) is 3.02. The highest BCUT2D eigenvalue weighted by atomic mass is 32.2. The molecule has 7 nitrogen and oxygen atoms in total. The molecule has 1 aromatic rings. The lowest BCUT2D eigenvalue weighted by molar-refractivity contribution is 0.0951. The van der Waals surface area contributed by atoms with Crippen LogP contribution in [0.3, 0.4) is 0 Å². The molecule has 4 N–H and O–H groups in total. The highest BCUT2D eigenvalue weighted by Crippen LogP contribution is 2.05. The molecule has 1 rings (SSSR count). The zero-order chi connectivity index (χ0) is 14.3. The van der Waals surface area contributed by atoms with Gasteiger partial charge in [-0.25, -0.2) is 18.5 Å². The molecule has 0 atom stereocenters. The van der Waals surface area contributed by atoms with Crippen molar-refractivity contribution in [1.82, 2.24) is 10.3 Å². The maximum atomic E-state index is 11.6. The van der Waals surface area contributed by atoms with Crippen LogP contribution in [0.2, 0.25) is 0 Å². The smallest absolute Gasteiger partial charge is 0.269 e. The number of carbonyl (C=O) groups excluding carboxylic acids is 1. The van der Waals surface area contributed by atoms with Gasteiger partial charge in [0.15, 0.2) is 0 Å². The molecule has 0 saturated heterocycles. The lowest BCUT2D eigenvalue weighted by Gasteiger charge is -2.06. The van der Waals surface area contributed by atoms with E-state index in [0.717, 1.165) is 18.7 Å². The zero-order valence-corrected chi connectivity index (χ0v) is 11.5. The second-order valence-electron chi connectivity index (χ2n) is 3.98. The van der Waals surface area contributed by atoms with Crippen molar-refractivity contribution in [2.75, 3.05) is 24.2 Å². The molecule has 0 spiro atoms. The molecule has 0 unspecified atom stereocenters. The van der Waals surface area contributed by atoms with Crippen LogP contribution in [0.25, 0.3) is 0 Å². The Labute approximate surface area is 112 Å². The van der Waals surface area contributed by atoms with Crippen LogP contribution in [-0.2, 0) is 10.0 Å². The van der Waals surface area contributed by atoms with Crippen LogP contribution in [0.1, 0.15) is 23.8 Å². The largest absolute Gasteiger partial charge is 0.384 e. The van der Waals surface area contributed by atoms with Gasteiger partial charge < -0.3 is 10.6 Å². The molecule has 0 aromatic carbocycles. The van der Waals surface area contributed by atoms with Gasteiger partial charge in [-0.3, -0.25) is 4.79 Å². The lowest BCUT2D eigenvalue weighted by atomic mass is 10.3. The fourth-order valence-corrected chi connectivity index (χ4v) is 1.69. The molecule has 0 fully saturated rings. The number of hydrogen-bond donors (Lipinski definition) is 3. The number of anilines is 1. The first-order valence-corrected chi connectivity index (χ1v) is 7.62. The number of nitrogens with two attached hydrogens (primary N) is 1. The minimum Gasteiger partial charge on any atom is -0.384 e. The van der Waals surface area contributed by atoms with E-state index < -0.39 is 15.9 Å². The number of nitrogens with zero attached hydrogens (tertiary/aromatic N) is 1. The fraction of sp³-hybridized carbons (Fsp3) is 0.455. The third-order valence-electron chi connectivity index (χ3n) is 2.25. The highest BCUT2D eigenvalue weighted by Gasteiger charge is 2.08. The Morgan fingerprint density at radius 2 is 2.11 bits per heavy atom. The van der Waals surface area contributed by atoms with Crippen molar-refractivity contribution in [2.45, 2.75) is 13.3 Å². The van der Waals surface area contributed by atoms with E-state index in [1.807, 2.05) is 6.92 Å². The number of amides is 1. The summed E-state index contributed by atoms with van der Waals surface area (Å²) in [6.07, 6.45) is 2.56. The molecule has 8 heteroatoms. The van der Waals surface area contributed by atoms with E-state index in [0.29, 0.717) is 0 Å². The summed E-state index contributed by atoms with van der Waals surface area (Å²) in [6, 6.07) is 3.32. The van der Waals surface area contributed by atoms with Gasteiger partial charge in [0.25, 0.3) is 5.91 Å². The van der Waals surface area contributed by atoms with Crippen molar-refractivity contribution in [3.05, 3.63) is 24.0 Å². The summed E-state index contributed by atoms with van der Waals surface area (Å²) >= 11 is 0. The molecule has 0 aliphatic carbocycles. The topological polar surface area (TPSA) is 114 Å². The minimum absolute atomic E-state index is 0.0326. The molecule has 106 valence electrons. The molecule has 0 bridgehead atoms. The summed E-state index contributed by atoms with van der Waals surface area (Å²) < 4.78 is 21.4. The normalized spacial score (nSPS) is 11.1. The zero-order valence-electron chi connectivity index (χ0n) is 10.7. The summed E-state index contributed by atoms with van der Waals surface area (Å²) in [6.45, 7) is 2.85. The van der Waals surface area contributed by atoms with E-state index in [1.54, 1.807) is 18.3 Å². The van der Waals surface area contributed by atoms with Gasteiger partial charge in [0.1, 0.15) is 5.69 Å². The first kappa shape index (κ1) is 15.4. The molecule has 1 amide bonds. The molecular formula is C11H18N4O3S. The van der Waals surface area contributed by atoms with E-state index >= 15 is 0 Å². The van der Waals surface area contributed by atoms with Crippen molar-refractivity contribution in [3.63, 3.8) is 0 Å². The summed E-state index contributed by atoms with van der Waals surface area (Å²) in [4.78, 5) is 15.6. The molecule has 0 aliphatic rings. The predicted molar refractivity (Wildman–Crippen MR) is 73.3 cm³/mol. The van der Waals surface area contributed by atoms with Gasteiger partial charge in [0.2, 0.25) is 10.0 Å². The summed E-state index contributed by atoms with van der Waals surface area (Å²) in [5, 5.41) is 10.4. The number of sulfonamides is 1. The van der Waals surface area contributed by atoms with Crippen LogP contribution in [0.4, 0.5) is 5.69 Å². The van der Waals surface area contributed by atoms with Crippen LogP contribution >= 0.6 is 0 Å². The molecule has 1 aromatic heterocycles. The number of carbonyl (C=O) groups is 1. The van der Waals surface area contributed by atoms with Crippen LogP contribution in [0.5, 0.6) is 0 Å². The minimum atomic E-state index is -3.56. The van der Waals surface area contributed by atoms with Gasteiger partial charge >= 0.3 is 0 Å². The molecule has 19 heavy (non-hydrogen) atoms. The van der Waals surface area contributed by atoms with E-state index in [-0.39, 0.29) is 18.0 Å². The van der Waals surface area contributed by atoms with E-state index in [4.69, 9.17) is 5.14 Å². The van der Waals surface area contributed by atoms with E-state index in [1.165, 1.54) is 0 Å². The number of hydrogen-bond acceptors (Lipinski definition) is 5. The quantitative estimate of drug-likeness (QED) is 0.648. The van der Waals surface area contributed by atoms with Crippen LogP contribution < -0.4 is 15.8 Å². The van der Waals surface area contributed by atoms with Crippen LogP contribution in [0.15, 0.2) is 18.3 Å². The van der Waals surface area contributed by atoms with Crippen LogP contribution in [0, 0.1) is 0 Å². The van der Waals surface area contributed by atoms with Crippen molar-refractivity contribution in [3.8, 4) is 0 Å². The fourth-order valence-electron chi connectivity index (χ4n) is 1.30. The number of rotatable bonds is 7. The molecule has 0 saturated carbocycles. The lowest BCUT2D eigenvalue weighted by Crippen LogP contribution is -2.31. The molecule has 0 aliphatic heterocycles. The van der Waals surface area contributed by atoms with Crippen molar-refractivity contribution in [2.24, 2.45) is 5.14 Å². The summed E-state index contributed by atoms with van der Waals surface area (Å²) in [5.74, 6) is -0.722. The second-order valence-corrected chi connectivity index (χ2v) is 5.72. The van der Waals surface area contributed by atoms with Gasteiger partial charge in [0.05, 0.1) is 17.6 Å². The number of aromatic nitrogens is 1. The van der Waals surface area contributed by atoms with Gasteiger partial charge in [0, 0.05) is 13.1 Å². The van der Waals surface area contributed by atoms with Crippen molar-refractivity contribution in [1.29, 1.82) is 0 Å². The SMILES string of the molecule is CCCNc1ccc(C(=O)NCCS(N)(=O)=O)nc1. The predicted octanol–water partition coefficient (Wildman–Crippen LogP) is -0.0782. The van der Waals surface area contributed by atoms with Gasteiger partial charge in [-0.05, 0) is 18.6 Å². The Balaban J connectivity index is 2.49. The molecule has 0 radical (unpaired) electrons. The average Bonchev–Trinajstić information content (AvgIpc) is 2.35. The standard InChI is InChI=1S/C11H18N4O3S/c1-2-5-13-9-3-4-10(15-8-9)11(16)14-6-7-19(12,17)18/h3-4,8,13H,2,5-7H2,1H3,(H,14,16)(H2,12,17,18).